The van der Waals surface area contributed by atoms with E-state index in [1.807, 2.05) is 0 Å². The number of aromatic nitrogens is 1. The van der Waals surface area contributed by atoms with Gasteiger partial charge in [-0.25, -0.2) is 0 Å². The number of pyridine rings is 1. The minimum atomic E-state index is -1.06. The molecular formula is C8H10N2O2. The molecular weight excluding hydrogens is 156 g/mol. The lowest BCUT2D eigenvalue weighted by molar-refractivity contribution is -0.138. The van der Waals surface area contributed by atoms with Gasteiger partial charge in [-0.15, -0.1) is 0 Å². The van der Waals surface area contributed by atoms with Crippen molar-refractivity contribution in [2.24, 2.45) is 5.73 Å². The number of carboxylic acids is 1. The quantitative estimate of drug-likeness (QED) is 0.669. The number of hydrogen-bond donors (Lipinski definition) is 2. The summed E-state index contributed by atoms with van der Waals surface area (Å²) in [5.41, 5.74) is 6.50. The fraction of sp³-hybridized carbons (Fsp3) is 0.250. The van der Waals surface area contributed by atoms with E-state index in [0.29, 0.717) is 5.69 Å². The van der Waals surface area contributed by atoms with Crippen LogP contribution in [-0.4, -0.2) is 16.1 Å². The van der Waals surface area contributed by atoms with Crippen molar-refractivity contribution in [1.82, 2.24) is 4.98 Å². The Bertz CT molecular complexity index is 299. The van der Waals surface area contributed by atoms with E-state index in [1.165, 1.54) is 0 Å². The number of rotatable bonds is 2. The highest BCUT2D eigenvalue weighted by Crippen LogP contribution is 2.07. The number of aliphatic carboxylic acids is 1. The van der Waals surface area contributed by atoms with Crippen LogP contribution >= 0.6 is 0 Å². The molecule has 0 aliphatic carbocycles. The second-order valence-electron chi connectivity index (χ2n) is 2.52. The van der Waals surface area contributed by atoms with E-state index < -0.39 is 12.0 Å². The number of carboxylic acid groups (broad SMARTS) is 1. The van der Waals surface area contributed by atoms with Gasteiger partial charge in [0.25, 0.3) is 0 Å². The van der Waals surface area contributed by atoms with Crippen molar-refractivity contribution in [2.75, 3.05) is 0 Å². The zero-order chi connectivity index (χ0) is 9.14. The van der Waals surface area contributed by atoms with Crippen molar-refractivity contribution in [3.8, 4) is 0 Å². The van der Waals surface area contributed by atoms with Crippen LogP contribution in [0.25, 0.3) is 0 Å². The van der Waals surface area contributed by atoms with Gasteiger partial charge in [-0.1, -0.05) is 6.07 Å². The number of nitrogens with two attached hydrogens (primary N) is 1. The molecule has 0 amide bonds. The Morgan fingerprint density at radius 3 is 2.83 bits per heavy atom. The second kappa shape index (κ2) is 3.32. The standard InChI is InChI=1S/C8H10N2O2/c1-5-3-2-4-6(10-5)7(9)8(11)12/h2-4,7H,9H2,1H3,(H,11,12)/t7-/m0/s1. The van der Waals surface area contributed by atoms with Gasteiger partial charge in [0.05, 0.1) is 5.69 Å². The van der Waals surface area contributed by atoms with Gasteiger partial charge in [0, 0.05) is 5.69 Å². The summed E-state index contributed by atoms with van der Waals surface area (Å²) in [7, 11) is 0. The molecule has 64 valence electrons. The minimum absolute atomic E-state index is 0.391. The van der Waals surface area contributed by atoms with Crippen LogP contribution < -0.4 is 5.73 Å². The van der Waals surface area contributed by atoms with Crippen LogP contribution in [0, 0.1) is 6.92 Å². The molecule has 0 saturated heterocycles. The molecule has 12 heavy (non-hydrogen) atoms. The highest BCUT2D eigenvalue weighted by Gasteiger charge is 2.14. The Morgan fingerprint density at radius 1 is 1.67 bits per heavy atom. The largest absolute Gasteiger partial charge is 0.480 e. The molecule has 1 atom stereocenters. The maximum Gasteiger partial charge on any atom is 0.326 e. The first kappa shape index (κ1) is 8.67. The molecule has 0 radical (unpaired) electrons. The van der Waals surface area contributed by atoms with Gasteiger partial charge in [-0.2, -0.15) is 0 Å². The highest BCUT2D eigenvalue weighted by atomic mass is 16.4. The van der Waals surface area contributed by atoms with E-state index >= 15 is 0 Å². The molecule has 1 heterocycles. The topological polar surface area (TPSA) is 76.2 Å². The van der Waals surface area contributed by atoms with Crippen LogP contribution in [0.3, 0.4) is 0 Å². The normalized spacial score (nSPS) is 12.5. The first-order valence-corrected chi connectivity index (χ1v) is 3.53. The lowest BCUT2D eigenvalue weighted by Crippen LogP contribution is -2.21. The fourth-order valence-corrected chi connectivity index (χ4v) is 0.864. The van der Waals surface area contributed by atoms with Crippen molar-refractivity contribution in [3.05, 3.63) is 29.6 Å². The van der Waals surface area contributed by atoms with E-state index in [1.54, 1.807) is 25.1 Å². The lowest BCUT2D eigenvalue weighted by atomic mass is 10.2. The molecule has 1 rings (SSSR count). The molecule has 1 aromatic rings. The first-order chi connectivity index (χ1) is 5.61. The van der Waals surface area contributed by atoms with Gasteiger partial charge in [-0.05, 0) is 19.1 Å². The highest BCUT2D eigenvalue weighted by molar-refractivity contribution is 5.74. The number of aryl methyl sites for hydroxylation is 1. The lowest BCUT2D eigenvalue weighted by Gasteiger charge is -2.05. The summed E-state index contributed by atoms with van der Waals surface area (Å²) >= 11 is 0. The summed E-state index contributed by atoms with van der Waals surface area (Å²) in [4.78, 5) is 14.4. The summed E-state index contributed by atoms with van der Waals surface area (Å²) in [6, 6.07) is 4.11. The minimum Gasteiger partial charge on any atom is -0.480 e. The van der Waals surface area contributed by atoms with Crippen molar-refractivity contribution in [1.29, 1.82) is 0 Å². The molecule has 4 nitrogen and oxygen atoms in total. The van der Waals surface area contributed by atoms with Crippen molar-refractivity contribution >= 4 is 5.97 Å². The van der Waals surface area contributed by atoms with E-state index in [2.05, 4.69) is 4.98 Å². The third kappa shape index (κ3) is 1.79. The molecule has 4 heteroatoms. The maximum atomic E-state index is 10.4. The number of carbonyl (C=O) groups is 1. The maximum absolute atomic E-state index is 10.4. The molecule has 0 fully saturated rings. The first-order valence-electron chi connectivity index (χ1n) is 3.53. The van der Waals surface area contributed by atoms with Crippen LogP contribution in [0.2, 0.25) is 0 Å². The summed E-state index contributed by atoms with van der Waals surface area (Å²) in [5, 5.41) is 8.56. The summed E-state index contributed by atoms with van der Waals surface area (Å²) in [6.45, 7) is 1.79. The van der Waals surface area contributed by atoms with Crippen LogP contribution in [0.15, 0.2) is 18.2 Å². The van der Waals surface area contributed by atoms with Crippen LogP contribution in [0.1, 0.15) is 17.4 Å². The van der Waals surface area contributed by atoms with Crippen molar-refractivity contribution in [3.63, 3.8) is 0 Å². The van der Waals surface area contributed by atoms with Gasteiger partial charge in [0.15, 0.2) is 0 Å². The van der Waals surface area contributed by atoms with E-state index in [0.717, 1.165) is 5.69 Å². The molecule has 0 spiro atoms. The zero-order valence-corrected chi connectivity index (χ0v) is 6.69. The van der Waals surface area contributed by atoms with Crippen LogP contribution in [0.5, 0.6) is 0 Å². The van der Waals surface area contributed by atoms with E-state index in [4.69, 9.17) is 10.8 Å². The van der Waals surface area contributed by atoms with Crippen LogP contribution in [-0.2, 0) is 4.79 Å². The molecule has 0 aliphatic heterocycles. The Balaban J connectivity index is 2.95. The average Bonchev–Trinajstić information content (AvgIpc) is 2.03. The van der Waals surface area contributed by atoms with E-state index in [9.17, 15) is 4.79 Å². The Kier molecular flexibility index (Phi) is 2.40. The third-order valence-corrected chi connectivity index (χ3v) is 1.49. The SMILES string of the molecule is Cc1cccc([C@H](N)C(=O)O)n1. The molecule has 0 bridgehead atoms. The van der Waals surface area contributed by atoms with Gasteiger partial charge < -0.3 is 10.8 Å². The summed E-state index contributed by atoms with van der Waals surface area (Å²) in [5.74, 6) is -1.06. The summed E-state index contributed by atoms with van der Waals surface area (Å²) < 4.78 is 0. The Hall–Kier alpha value is -1.42. The molecule has 0 unspecified atom stereocenters. The van der Waals surface area contributed by atoms with Crippen molar-refractivity contribution in [2.45, 2.75) is 13.0 Å². The van der Waals surface area contributed by atoms with Gasteiger partial charge in [0.1, 0.15) is 6.04 Å². The molecule has 1 aromatic heterocycles. The monoisotopic (exact) mass is 166 g/mol. The third-order valence-electron chi connectivity index (χ3n) is 1.49. The van der Waals surface area contributed by atoms with Crippen LogP contribution in [0.4, 0.5) is 0 Å². The molecule has 0 aromatic carbocycles. The van der Waals surface area contributed by atoms with E-state index in [-0.39, 0.29) is 0 Å². The summed E-state index contributed by atoms with van der Waals surface area (Å²) in [6.07, 6.45) is 0. The molecule has 3 N–H and O–H groups in total. The Morgan fingerprint density at radius 2 is 2.33 bits per heavy atom. The number of nitrogens with zero attached hydrogens (tertiary/aromatic N) is 1. The fourth-order valence-electron chi connectivity index (χ4n) is 0.864. The van der Waals surface area contributed by atoms with Gasteiger partial charge >= 0.3 is 5.97 Å². The predicted octanol–water partition coefficient (Wildman–Crippen LogP) is 0.474. The second-order valence-corrected chi connectivity index (χ2v) is 2.52. The average molecular weight is 166 g/mol. The molecule has 0 saturated carbocycles. The number of hydrogen-bond acceptors (Lipinski definition) is 3. The predicted molar refractivity (Wildman–Crippen MR) is 43.5 cm³/mol. The molecule has 0 aliphatic rings. The smallest absolute Gasteiger partial charge is 0.326 e. The van der Waals surface area contributed by atoms with Crippen molar-refractivity contribution < 1.29 is 9.90 Å². The Labute approximate surface area is 70.0 Å². The van der Waals surface area contributed by atoms with Gasteiger partial charge in [-0.3, -0.25) is 9.78 Å². The van der Waals surface area contributed by atoms with Gasteiger partial charge in [0.2, 0.25) is 0 Å². The zero-order valence-electron chi connectivity index (χ0n) is 6.69.